The van der Waals surface area contributed by atoms with Crippen molar-refractivity contribution in [1.29, 1.82) is 0 Å². The first-order valence-electron chi connectivity index (χ1n) is 9.05. The third-order valence-electron chi connectivity index (χ3n) is 4.53. The molecule has 4 aromatic rings. The van der Waals surface area contributed by atoms with Crippen molar-refractivity contribution in [3.8, 4) is 5.75 Å². The molecule has 4 heteroatoms. The molecule has 0 unspecified atom stereocenters. The summed E-state index contributed by atoms with van der Waals surface area (Å²) in [5.41, 5.74) is 3.86. The van der Waals surface area contributed by atoms with Gasteiger partial charge < -0.3 is 12.9 Å². The van der Waals surface area contributed by atoms with Gasteiger partial charge in [-0.2, -0.15) is 0 Å². The standard InChI is InChI=1S/C23H23O3P/c1-16-13-14-22(19(15-16)23(2,3)4)26-27-24-20-11-7-5-9-17(20)18-10-6-8-12-21(18)25-27/h5-15H,1-4H3. The van der Waals surface area contributed by atoms with Crippen molar-refractivity contribution in [2.45, 2.75) is 33.1 Å². The summed E-state index contributed by atoms with van der Waals surface area (Å²) in [4.78, 5) is 0. The number of benzene rings is 3. The summed E-state index contributed by atoms with van der Waals surface area (Å²) in [5, 5.41) is 2.03. The van der Waals surface area contributed by atoms with Gasteiger partial charge in [0, 0.05) is 16.3 Å². The lowest BCUT2D eigenvalue weighted by molar-refractivity contribution is 0.478. The minimum absolute atomic E-state index is 0.0433. The van der Waals surface area contributed by atoms with Gasteiger partial charge in [-0.25, -0.2) is 0 Å². The molecule has 0 aliphatic carbocycles. The summed E-state index contributed by atoms with van der Waals surface area (Å²) < 4.78 is 18.6. The van der Waals surface area contributed by atoms with Crippen LogP contribution in [0.25, 0.3) is 21.9 Å². The zero-order valence-corrected chi connectivity index (χ0v) is 16.9. The van der Waals surface area contributed by atoms with Gasteiger partial charge in [0.15, 0.2) is 0 Å². The van der Waals surface area contributed by atoms with E-state index in [2.05, 4.69) is 39.8 Å². The molecule has 0 bridgehead atoms. The molecular formula is C23H23O3P. The molecule has 138 valence electrons. The van der Waals surface area contributed by atoms with Crippen LogP contribution in [0.15, 0.2) is 75.1 Å². The molecule has 0 saturated carbocycles. The Bertz CT molecular complexity index is 1090. The van der Waals surface area contributed by atoms with E-state index in [0.29, 0.717) is 0 Å². The molecule has 0 aliphatic heterocycles. The maximum absolute atomic E-state index is 6.28. The van der Waals surface area contributed by atoms with Crippen LogP contribution in [-0.2, 0) is 5.41 Å². The van der Waals surface area contributed by atoms with E-state index in [9.17, 15) is 0 Å². The number of aryl methyl sites for hydroxylation is 1. The number of fused-ring (bicyclic) bond motifs is 3. The van der Waals surface area contributed by atoms with Gasteiger partial charge >= 0.3 is 8.24 Å². The van der Waals surface area contributed by atoms with Gasteiger partial charge in [-0.3, -0.25) is 0 Å². The van der Waals surface area contributed by atoms with Crippen LogP contribution < -0.4 is 4.52 Å². The van der Waals surface area contributed by atoms with E-state index in [1.165, 1.54) is 5.56 Å². The van der Waals surface area contributed by atoms with Gasteiger partial charge in [-0.1, -0.05) is 74.9 Å². The molecule has 0 radical (unpaired) electrons. The quantitative estimate of drug-likeness (QED) is 0.358. The van der Waals surface area contributed by atoms with E-state index in [1.807, 2.05) is 54.6 Å². The lowest BCUT2D eigenvalue weighted by Gasteiger charge is -2.22. The van der Waals surface area contributed by atoms with Crippen molar-refractivity contribution < 1.29 is 12.9 Å². The Kier molecular flexibility index (Phi) is 4.49. The van der Waals surface area contributed by atoms with Crippen LogP contribution in [0.1, 0.15) is 31.9 Å². The van der Waals surface area contributed by atoms with E-state index >= 15 is 0 Å². The van der Waals surface area contributed by atoms with Crippen molar-refractivity contribution in [3.63, 3.8) is 0 Å². The maximum Gasteiger partial charge on any atom is 0.453 e. The summed E-state index contributed by atoms with van der Waals surface area (Å²) >= 11 is 0. The van der Waals surface area contributed by atoms with Gasteiger partial charge in [0.2, 0.25) is 0 Å². The van der Waals surface area contributed by atoms with Gasteiger partial charge in [0.05, 0.1) is 0 Å². The van der Waals surface area contributed by atoms with E-state index in [1.54, 1.807) is 0 Å². The van der Waals surface area contributed by atoms with Crippen molar-refractivity contribution in [1.82, 2.24) is 0 Å². The lowest BCUT2D eigenvalue weighted by Crippen LogP contribution is -2.12. The van der Waals surface area contributed by atoms with Gasteiger partial charge in [-0.05, 0) is 30.5 Å². The fourth-order valence-electron chi connectivity index (χ4n) is 3.14. The van der Waals surface area contributed by atoms with E-state index in [0.717, 1.165) is 33.3 Å². The number of hydrogen-bond acceptors (Lipinski definition) is 3. The Labute approximate surface area is 160 Å². The lowest BCUT2D eigenvalue weighted by atomic mass is 9.85. The van der Waals surface area contributed by atoms with Crippen LogP contribution in [-0.4, -0.2) is 0 Å². The molecule has 0 atom stereocenters. The fraction of sp³-hybridized carbons (Fsp3) is 0.217. The summed E-state index contributed by atoms with van der Waals surface area (Å²) in [6, 6.07) is 22.2. The highest BCUT2D eigenvalue weighted by atomic mass is 31.1. The second-order valence-corrected chi connectivity index (χ2v) is 8.73. The average Bonchev–Trinajstić information content (AvgIpc) is 2.78. The third kappa shape index (κ3) is 3.61. The first kappa shape index (κ1) is 17.8. The molecule has 0 fully saturated rings. The monoisotopic (exact) mass is 378 g/mol. The van der Waals surface area contributed by atoms with Crippen molar-refractivity contribution in [3.05, 3.63) is 77.9 Å². The fourth-order valence-corrected chi connectivity index (χ4v) is 4.22. The van der Waals surface area contributed by atoms with Gasteiger partial charge in [0.25, 0.3) is 0 Å². The number of rotatable bonds is 2. The molecule has 0 amide bonds. The second-order valence-electron chi connectivity index (χ2n) is 7.74. The smallest absolute Gasteiger partial charge is 0.390 e. The zero-order valence-electron chi connectivity index (χ0n) is 16.0. The van der Waals surface area contributed by atoms with Crippen LogP contribution in [0.3, 0.4) is 0 Å². The summed E-state index contributed by atoms with van der Waals surface area (Å²) in [7, 11) is -1.62. The predicted molar refractivity (Wildman–Crippen MR) is 112 cm³/mol. The first-order valence-corrected chi connectivity index (χ1v) is 10.1. The van der Waals surface area contributed by atoms with Crippen molar-refractivity contribution in [2.24, 2.45) is 0 Å². The molecule has 27 heavy (non-hydrogen) atoms. The molecule has 0 N–H and O–H groups in total. The Morgan fingerprint density at radius 2 is 1.33 bits per heavy atom. The van der Waals surface area contributed by atoms with E-state index in [4.69, 9.17) is 12.9 Å². The Balaban J connectivity index is 1.93. The number of hydrogen-bond donors (Lipinski definition) is 0. The highest BCUT2D eigenvalue weighted by Gasteiger charge is 2.21. The summed E-state index contributed by atoms with van der Waals surface area (Å²) in [6.07, 6.45) is 0. The van der Waals surface area contributed by atoms with Crippen LogP contribution in [0.4, 0.5) is 0 Å². The summed E-state index contributed by atoms with van der Waals surface area (Å²) in [6.45, 7) is 8.64. The van der Waals surface area contributed by atoms with Crippen LogP contribution in [0.5, 0.6) is 5.75 Å². The van der Waals surface area contributed by atoms with Crippen LogP contribution in [0.2, 0.25) is 0 Å². The average molecular weight is 378 g/mol. The molecule has 1 aromatic heterocycles. The molecule has 4 rings (SSSR count). The van der Waals surface area contributed by atoms with E-state index in [-0.39, 0.29) is 5.41 Å². The Morgan fingerprint density at radius 1 is 0.778 bits per heavy atom. The summed E-state index contributed by atoms with van der Waals surface area (Å²) in [5.74, 6) is 0.802. The molecule has 3 aromatic carbocycles. The molecular weight excluding hydrogens is 355 g/mol. The van der Waals surface area contributed by atoms with Crippen LogP contribution >= 0.6 is 8.24 Å². The van der Waals surface area contributed by atoms with Crippen molar-refractivity contribution in [2.75, 3.05) is 0 Å². The molecule has 3 nitrogen and oxygen atoms in total. The minimum Gasteiger partial charge on any atom is -0.390 e. The Hall–Kier alpha value is -2.64. The first-order chi connectivity index (χ1) is 12.9. The topological polar surface area (TPSA) is 35.5 Å². The van der Waals surface area contributed by atoms with E-state index < -0.39 is 8.24 Å². The Morgan fingerprint density at radius 3 is 1.89 bits per heavy atom. The predicted octanol–water partition coefficient (Wildman–Crippen LogP) is 7.74. The van der Waals surface area contributed by atoms with Crippen molar-refractivity contribution >= 4 is 30.2 Å². The normalized spacial score (nSPS) is 11.7. The minimum atomic E-state index is -1.62. The number of para-hydroxylation sites is 2. The largest absolute Gasteiger partial charge is 0.453 e. The SMILES string of the molecule is Cc1ccc(Op2oc3ccccc3c3ccccc3o2)c(C(C)(C)C)c1. The van der Waals surface area contributed by atoms with Gasteiger partial charge in [-0.15, -0.1) is 0 Å². The van der Waals surface area contributed by atoms with Crippen LogP contribution in [0, 0.1) is 6.92 Å². The van der Waals surface area contributed by atoms with Gasteiger partial charge in [0.1, 0.15) is 16.9 Å². The second kappa shape index (κ2) is 6.83. The molecule has 0 saturated heterocycles. The molecule has 0 spiro atoms. The zero-order chi connectivity index (χ0) is 19.0. The maximum atomic E-state index is 6.28. The third-order valence-corrected chi connectivity index (χ3v) is 5.56. The highest BCUT2D eigenvalue weighted by Crippen LogP contribution is 2.40. The molecule has 1 heterocycles. The molecule has 0 aliphatic rings. The highest BCUT2D eigenvalue weighted by molar-refractivity contribution is 7.32.